The highest BCUT2D eigenvalue weighted by molar-refractivity contribution is 7.85. The van der Waals surface area contributed by atoms with E-state index >= 15 is 0 Å². The van der Waals surface area contributed by atoms with Gasteiger partial charge in [0.25, 0.3) is 0 Å². The van der Waals surface area contributed by atoms with Crippen LogP contribution < -0.4 is 5.43 Å². The van der Waals surface area contributed by atoms with Crippen LogP contribution in [0.4, 0.5) is 0 Å². The highest BCUT2D eigenvalue weighted by Gasteiger charge is 2.13. The van der Waals surface area contributed by atoms with Crippen molar-refractivity contribution in [2.24, 2.45) is 5.10 Å². The predicted octanol–water partition coefficient (Wildman–Crippen LogP) is 1.40. The molecule has 1 heterocycles. The van der Waals surface area contributed by atoms with E-state index in [-0.39, 0.29) is 24.5 Å². The molecule has 0 saturated heterocycles. The molecule has 0 unspecified atom stereocenters. The first-order valence-corrected chi connectivity index (χ1v) is 8.34. The van der Waals surface area contributed by atoms with Crippen LogP contribution in [0.15, 0.2) is 26.7 Å². The number of unbranched alkanes of at least 4 members (excludes halogenated alkanes) is 3. The second kappa shape index (κ2) is 9.06. The van der Waals surface area contributed by atoms with Gasteiger partial charge >= 0.3 is 16.1 Å². The topological polar surface area (TPSA) is 146 Å². The van der Waals surface area contributed by atoms with Crippen LogP contribution in [0.1, 0.15) is 44.3 Å². The number of carbonyl (C=O) groups is 2. The number of hydrazone groups is 1. The summed E-state index contributed by atoms with van der Waals surface area (Å²) in [4.78, 5) is 21.8. The van der Waals surface area contributed by atoms with E-state index < -0.39 is 21.2 Å². The normalized spacial score (nSPS) is 11.7. The molecule has 0 atom stereocenters. The lowest BCUT2D eigenvalue weighted by molar-refractivity contribution is -0.137. The Morgan fingerprint density at radius 2 is 1.83 bits per heavy atom. The number of carboxylic acid groups (broad SMARTS) is 1. The van der Waals surface area contributed by atoms with Crippen molar-refractivity contribution < 1.29 is 32.1 Å². The molecule has 3 N–H and O–H groups in total. The fourth-order valence-corrected chi connectivity index (χ4v) is 2.12. The molecule has 0 radical (unpaired) electrons. The van der Waals surface area contributed by atoms with E-state index in [0.717, 1.165) is 25.1 Å². The van der Waals surface area contributed by atoms with Crippen LogP contribution in [0, 0.1) is 0 Å². The maximum absolute atomic E-state index is 11.5. The molecule has 1 amide bonds. The first kappa shape index (κ1) is 18.8. The molecule has 0 aliphatic heterocycles. The van der Waals surface area contributed by atoms with Crippen molar-refractivity contribution in [1.29, 1.82) is 0 Å². The Labute approximate surface area is 133 Å². The van der Waals surface area contributed by atoms with Gasteiger partial charge in [-0.3, -0.25) is 14.1 Å². The summed E-state index contributed by atoms with van der Waals surface area (Å²) >= 11 is 0. The number of nitrogens with one attached hydrogen (secondary N) is 1. The van der Waals surface area contributed by atoms with E-state index in [9.17, 15) is 18.0 Å². The van der Waals surface area contributed by atoms with Crippen LogP contribution in [0.25, 0.3) is 0 Å². The summed E-state index contributed by atoms with van der Waals surface area (Å²) < 4.78 is 35.1. The zero-order chi connectivity index (χ0) is 17.3. The fourth-order valence-electron chi connectivity index (χ4n) is 1.68. The number of carboxylic acids is 1. The van der Waals surface area contributed by atoms with E-state index in [0.29, 0.717) is 12.8 Å². The van der Waals surface area contributed by atoms with E-state index in [1.807, 2.05) is 0 Å². The summed E-state index contributed by atoms with van der Waals surface area (Å²) in [5.74, 6) is -1.08. The third-order valence-electron chi connectivity index (χ3n) is 2.78. The summed E-state index contributed by atoms with van der Waals surface area (Å²) in [6.07, 6.45) is 4.19. The van der Waals surface area contributed by atoms with Crippen molar-refractivity contribution in [3.8, 4) is 0 Å². The van der Waals surface area contributed by atoms with E-state index in [1.54, 1.807) is 0 Å². The summed E-state index contributed by atoms with van der Waals surface area (Å²) in [5.41, 5.74) is 2.25. The van der Waals surface area contributed by atoms with Crippen LogP contribution >= 0.6 is 0 Å². The van der Waals surface area contributed by atoms with Gasteiger partial charge in [0.05, 0.1) is 6.21 Å². The summed E-state index contributed by atoms with van der Waals surface area (Å²) in [6.45, 7) is 0. The lowest BCUT2D eigenvalue weighted by atomic mass is 10.1. The van der Waals surface area contributed by atoms with Crippen molar-refractivity contribution in [3.63, 3.8) is 0 Å². The Hall–Kier alpha value is -2.20. The third-order valence-corrected chi connectivity index (χ3v) is 3.51. The highest BCUT2D eigenvalue weighted by Crippen LogP contribution is 2.11. The molecule has 1 aromatic rings. The monoisotopic (exact) mass is 346 g/mol. The van der Waals surface area contributed by atoms with Crippen molar-refractivity contribution in [2.45, 2.75) is 43.6 Å². The number of hydrogen-bond acceptors (Lipinski definition) is 6. The van der Waals surface area contributed by atoms with Gasteiger partial charge in [0, 0.05) is 12.8 Å². The average molecular weight is 346 g/mol. The molecule has 1 aromatic heterocycles. The molecular weight excluding hydrogens is 328 g/mol. The molecule has 1 rings (SSSR count). The number of amides is 1. The lowest BCUT2D eigenvalue weighted by Gasteiger charge is -2.00. The minimum absolute atomic E-state index is 0.0617. The number of rotatable bonds is 10. The quantitative estimate of drug-likeness (QED) is 0.251. The predicted molar refractivity (Wildman–Crippen MR) is 79.6 cm³/mol. The fraction of sp³-hybridized carbons (Fsp3) is 0.462. The molecule has 128 valence electrons. The van der Waals surface area contributed by atoms with Crippen molar-refractivity contribution in [2.75, 3.05) is 0 Å². The van der Waals surface area contributed by atoms with E-state index in [2.05, 4.69) is 10.5 Å². The second-order valence-electron chi connectivity index (χ2n) is 4.73. The first-order valence-electron chi connectivity index (χ1n) is 6.90. The van der Waals surface area contributed by atoms with Gasteiger partial charge in [0.1, 0.15) is 5.76 Å². The Morgan fingerprint density at radius 3 is 2.39 bits per heavy atom. The largest absolute Gasteiger partial charge is 0.481 e. The van der Waals surface area contributed by atoms with Crippen molar-refractivity contribution in [1.82, 2.24) is 5.43 Å². The van der Waals surface area contributed by atoms with Gasteiger partial charge in [-0.15, -0.1) is 0 Å². The Bertz CT molecular complexity index is 664. The molecule has 0 fully saturated rings. The van der Waals surface area contributed by atoms with Gasteiger partial charge in [-0.2, -0.15) is 13.5 Å². The van der Waals surface area contributed by atoms with Gasteiger partial charge in [-0.05, 0) is 25.0 Å². The SMILES string of the molecule is O=C(O)CCCCCCC(=O)N/N=C/c1ccc(S(=O)(=O)O)o1. The standard InChI is InChI=1S/C13H18N2O7S/c16-11(5-3-1-2-4-6-12(17)18)15-14-9-10-7-8-13(22-10)23(19,20)21/h7-9H,1-6H2,(H,15,16)(H,17,18)(H,19,20,21)/b14-9+. The number of furan rings is 1. The van der Waals surface area contributed by atoms with Gasteiger partial charge in [-0.25, -0.2) is 5.43 Å². The van der Waals surface area contributed by atoms with Crippen LogP contribution in [0.2, 0.25) is 0 Å². The molecule has 0 aliphatic carbocycles. The van der Waals surface area contributed by atoms with E-state index in [1.165, 1.54) is 6.07 Å². The molecule has 0 aromatic carbocycles. The van der Waals surface area contributed by atoms with Crippen molar-refractivity contribution in [3.05, 3.63) is 17.9 Å². The summed E-state index contributed by atoms with van der Waals surface area (Å²) in [6, 6.07) is 2.34. The Balaban J connectivity index is 2.23. The van der Waals surface area contributed by atoms with Crippen LogP contribution in [0.3, 0.4) is 0 Å². The second-order valence-corrected chi connectivity index (χ2v) is 6.09. The molecule has 0 bridgehead atoms. The Morgan fingerprint density at radius 1 is 1.17 bits per heavy atom. The smallest absolute Gasteiger partial charge is 0.328 e. The number of carbonyl (C=O) groups excluding carboxylic acids is 1. The molecule has 10 heteroatoms. The maximum atomic E-state index is 11.5. The minimum Gasteiger partial charge on any atom is -0.481 e. The third kappa shape index (κ3) is 8.12. The molecule has 0 aliphatic rings. The molecule has 0 saturated carbocycles. The summed E-state index contributed by atoms with van der Waals surface area (Å²) in [5, 5.41) is 11.5. The Kier molecular flexibility index (Phi) is 7.42. The highest BCUT2D eigenvalue weighted by atomic mass is 32.2. The van der Waals surface area contributed by atoms with E-state index in [4.69, 9.17) is 14.1 Å². The zero-order valence-corrected chi connectivity index (χ0v) is 13.1. The number of hydrogen-bond donors (Lipinski definition) is 3. The molecule has 0 spiro atoms. The van der Waals surface area contributed by atoms with Gasteiger partial charge in [-0.1, -0.05) is 12.8 Å². The average Bonchev–Trinajstić information content (AvgIpc) is 2.91. The minimum atomic E-state index is -4.40. The number of nitrogens with zero attached hydrogens (tertiary/aromatic N) is 1. The number of aliphatic carboxylic acids is 1. The first-order chi connectivity index (χ1) is 10.8. The maximum Gasteiger partial charge on any atom is 0.328 e. The zero-order valence-electron chi connectivity index (χ0n) is 12.3. The summed E-state index contributed by atoms with van der Waals surface area (Å²) in [7, 11) is -4.40. The van der Waals surface area contributed by atoms with Gasteiger partial charge in [0.2, 0.25) is 11.0 Å². The van der Waals surface area contributed by atoms with Gasteiger partial charge < -0.3 is 9.52 Å². The molecule has 23 heavy (non-hydrogen) atoms. The van der Waals surface area contributed by atoms with Gasteiger partial charge in [0.15, 0.2) is 0 Å². The van der Waals surface area contributed by atoms with Crippen LogP contribution in [-0.4, -0.2) is 36.2 Å². The van der Waals surface area contributed by atoms with Crippen LogP contribution in [-0.2, 0) is 19.7 Å². The molecular formula is C13H18N2O7S. The van der Waals surface area contributed by atoms with Crippen molar-refractivity contribution >= 4 is 28.2 Å². The van der Waals surface area contributed by atoms with Crippen LogP contribution in [0.5, 0.6) is 0 Å². The molecule has 9 nitrogen and oxygen atoms in total. The lowest BCUT2D eigenvalue weighted by Crippen LogP contribution is -2.16.